The fraction of sp³-hybridized carbons (Fsp3) is 0.130. The van der Waals surface area contributed by atoms with Crippen molar-refractivity contribution in [3.8, 4) is 11.5 Å². The number of ether oxygens (including phenoxy) is 2. The molecule has 0 atom stereocenters. The first-order valence-electron chi connectivity index (χ1n) is 9.35. The second-order valence-corrected chi connectivity index (χ2v) is 7.32. The van der Waals surface area contributed by atoms with Crippen LogP contribution in [0.1, 0.15) is 23.0 Å². The van der Waals surface area contributed by atoms with Crippen LogP contribution >= 0.6 is 15.9 Å². The van der Waals surface area contributed by atoms with Crippen molar-refractivity contribution in [3.05, 3.63) is 70.4 Å². The number of hydrogen-bond donors (Lipinski definition) is 1. The summed E-state index contributed by atoms with van der Waals surface area (Å²) in [5.41, 5.74) is 3.89. The Labute approximate surface area is 181 Å². The molecule has 4 rings (SSSR count). The highest BCUT2D eigenvalue weighted by Gasteiger charge is 2.14. The summed E-state index contributed by atoms with van der Waals surface area (Å²) in [5.74, 6) is 0.974. The highest BCUT2D eigenvalue weighted by atomic mass is 79.9. The molecule has 0 aliphatic heterocycles. The van der Waals surface area contributed by atoms with Crippen LogP contribution in [0.2, 0.25) is 0 Å². The van der Waals surface area contributed by atoms with Crippen molar-refractivity contribution in [1.29, 1.82) is 0 Å². The molecule has 3 aromatic carbocycles. The Balaban J connectivity index is 1.55. The van der Waals surface area contributed by atoms with Crippen LogP contribution in [0.25, 0.3) is 21.7 Å². The van der Waals surface area contributed by atoms with Crippen molar-refractivity contribution in [2.24, 2.45) is 5.10 Å². The van der Waals surface area contributed by atoms with E-state index in [0.29, 0.717) is 23.7 Å². The van der Waals surface area contributed by atoms with E-state index in [1.54, 1.807) is 25.3 Å². The van der Waals surface area contributed by atoms with Gasteiger partial charge in [-0.2, -0.15) is 5.10 Å². The lowest BCUT2D eigenvalue weighted by Gasteiger charge is -2.11. The van der Waals surface area contributed by atoms with Crippen molar-refractivity contribution < 1.29 is 18.7 Å². The van der Waals surface area contributed by atoms with Gasteiger partial charge >= 0.3 is 5.91 Å². The minimum atomic E-state index is -0.430. The third-order valence-electron chi connectivity index (χ3n) is 4.60. The molecule has 152 valence electrons. The zero-order chi connectivity index (χ0) is 21.1. The number of carbonyl (C=O) groups is 1. The molecule has 6 nitrogen and oxygen atoms in total. The molecule has 1 amide bonds. The van der Waals surface area contributed by atoms with E-state index in [1.165, 1.54) is 6.21 Å². The monoisotopic (exact) mass is 466 g/mol. The van der Waals surface area contributed by atoms with E-state index in [-0.39, 0.29) is 5.76 Å². The van der Waals surface area contributed by atoms with E-state index in [1.807, 2.05) is 43.3 Å². The second-order valence-electron chi connectivity index (χ2n) is 6.47. The maximum absolute atomic E-state index is 12.5. The summed E-state index contributed by atoms with van der Waals surface area (Å²) in [4.78, 5) is 12.5. The molecule has 7 heteroatoms. The zero-order valence-electron chi connectivity index (χ0n) is 16.4. The van der Waals surface area contributed by atoms with Crippen LogP contribution in [0.15, 0.2) is 68.6 Å². The van der Waals surface area contributed by atoms with Gasteiger partial charge in [0.15, 0.2) is 17.3 Å². The lowest BCUT2D eigenvalue weighted by atomic mass is 10.1. The Kier molecular flexibility index (Phi) is 5.72. The van der Waals surface area contributed by atoms with E-state index in [2.05, 4.69) is 26.5 Å². The normalized spacial score (nSPS) is 11.3. The average Bonchev–Trinajstić information content (AvgIpc) is 3.20. The van der Waals surface area contributed by atoms with Gasteiger partial charge in [0, 0.05) is 15.4 Å². The smallest absolute Gasteiger partial charge is 0.307 e. The summed E-state index contributed by atoms with van der Waals surface area (Å²) in [5, 5.41) is 7.06. The van der Waals surface area contributed by atoms with Crippen LogP contribution in [0.5, 0.6) is 11.5 Å². The number of nitrogens with one attached hydrogen (secondary N) is 1. The van der Waals surface area contributed by atoms with Gasteiger partial charge in [-0.3, -0.25) is 4.79 Å². The molecule has 0 saturated heterocycles. The van der Waals surface area contributed by atoms with Gasteiger partial charge in [-0.05, 0) is 57.9 Å². The Bertz CT molecular complexity index is 1260. The van der Waals surface area contributed by atoms with Gasteiger partial charge in [0.25, 0.3) is 0 Å². The van der Waals surface area contributed by atoms with Crippen LogP contribution in [0.3, 0.4) is 0 Å². The Hall–Kier alpha value is -3.32. The van der Waals surface area contributed by atoms with Gasteiger partial charge in [-0.25, -0.2) is 5.43 Å². The number of furan rings is 1. The third-order valence-corrected chi connectivity index (χ3v) is 5.29. The molecule has 0 aliphatic carbocycles. The molecular formula is C23H19BrN2O4. The zero-order valence-corrected chi connectivity index (χ0v) is 18.0. The third kappa shape index (κ3) is 3.89. The van der Waals surface area contributed by atoms with Gasteiger partial charge in [0.05, 0.1) is 19.9 Å². The lowest BCUT2D eigenvalue weighted by Crippen LogP contribution is -2.16. The number of carbonyl (C=O) groups excluding carboxylic acids is 1. The van der Waals surface area contributed by atoms with Gasteiger partial charge < -0.3 is 13.9 Å². The predicted molar refractivity (Wildman–Crippen MR) is 121 cm³/mol. The topological polar surface area (TPSA) is 73.1 Å². The summed E-state index contributed by atoms with van der Waals surface area (Å²) >= 11 is 3.48. The van der Waals surface area contributed by atoms with E-state index >= 15 is 0 Å². The molecule has 1 heterocycles. The van der Waals surface area contributed by atoms with Crippen molar-refractivity contribution in [2.45, 2.75) is 6.92 Å². The highest BCUT2D eigenvalue weighted by molar-refractivity contribution is 9.10. The number of hydrogen-bond acceptors (Lipinski definition) is 5. The summed E-state index contributed by atoms with van der Waals surface area (Å²) in [6.45, 7) is 2.43. The van der Waals surface area contributed by atoms with Crippen molar-refractivity contribution in [2.75, 3.05) is 13.7 Å². The predicted octanol–water partition coefficient (Wildman–Crippen LogP) is 5.52. The standard InChI is InChI=1S/C23H19BrN2O4/c1-3-29-21-12-18(24)15(10-20(21)28-2)13-25-26-23(27)22-11-17-16-7-5-4-6-14(16)8-9-19(17)30-22/h4-13H,3H2,1-2H3,(H,26,27). The summed E-state index contributed by atoms with van der Waals surface area (Å²) in [6.07, 6.45) is 1.53. The molecule has 30 heavy (non-hydrogen) atoms. The number of hydrazone groups is 1. The Morgan fingerprint density at radius 2 is 1.97 bits per heavy atom. The number of methoxy groups -OCH3 is 1. The highest BCUT2D eigenvalue weighted by Crippen LogP contribution is 2.33. The minimum Gasteiger partial charge on any atom is -0.493 e. The quantitative estimate of drug-likeness (QED) is 0.300. The van der Waals surface area contributed by atoms with E-state index in [9.17, 15) is 4.79 Å². The lowest BCUT2D eigenvalue weighted by molar-refractivity contribution is 0.0929. The molecule has 0 spiro atoms. The maximum atomic E-state index is 12.5. The van der Waals surface area contributed by atoms with E-state index in [0.717, 1.165) is 26.2 Å². The van der Waals surface area contributed by atoms with E-state index < -0.39 is 5.91 Å². The summed E-state index contributed by atoms with van der Waals surface area (Å²) < 4.78 is 17.4. The van der Waals surface area contributed by atoms with Gasteiger partial charge in [0.1, 0.15) is 5.58 Å². The summed E-state index contributed by atoms with van der Waals surface area (Å²) in [7, 11) is 1.57. The van der Waals surface area contributed by atoms with Gasteiger partial charge in [0.2, 0.25) is 0 Å². The molecule has 0 aliphatic rings. The molecule has 0 bridgehead atoms. The first kappa shape index (κ1) is 20.0. The van der Waals surface area contributed by atoms with Crippen molar-refractivity contribution >= 4 is 49.8 Å². The largest absolute Gasteiger partial charge is 0.493 e. The second kappa shape index (κ2) is 8.59. The Morgan fingerprint density at radius 1 is 1.13 bits per heavy atom. The fourth-order valence-corrected chi connectivity index (χ4v) is 3.62. The van der Waals surface area contributed by atoms with Crippen LogP contribution in [-0.2, 0) is 0 Å². The van der Waals surface area contributed by atoms with Crippen LogP contribution in [-0.4, -0.2) is 25.8 Å². The van der Waals surface area contributed by atoms with Crippen LogP contribution < -0.4 is 14.9 Å². The number of nitrogens with zero attached hydrogens (tertiary/aromatic N) is 1. The first-order valence-corrected chi connectivity index (χ1v) is 10.1. The van der Waals surface area contributed by atoms with E-state index in [4.69, 9.17) is 13.9 Å². The Morgan fingerprint density at radius 3 is 2.77 bits per heavy atom. The number of benzene rings is 3. The average molecular weight is 467 g/mol. The number of halogens is 1. The molecule has 0 fully saturated rings. The number of amides is 1. The number of rotatable bonds is 6. The molecule has 0 radical (unpaired) electrons. The maximum Gasteiger partial charge on any atom is 0.307 e. The molecule has 1 N–H and O–H groups in total. The molecule has 0 unspecified atom stereocenters. The fourth-order valence-electron chi connectivity index (χ4n) is 3.20. The van der Waals surface area contributed by atoms with Crippen LogP contribution in [0, 0.1) is 0 Å². The van der Waals surface area contributed by atoms with Crippen LogP contribution in [0.4, 0.5) is 0 Å². The van der Waals surface area contributed by atoms with Crippen molar-refractivity contribution in [1.82, 2.24) is 5.43 Å². The van der Waals surface area contributed by atoms with Crippen molar-refractivity contribution in [3.63, 3.8) is 0 Å². The minimum absolute atomic E-state index is 0.196. The number of fused-ring (bicyclic) bond motifs is 3. The van der Waals surface area contributed by atoms with Gasteiger partial charge in [-0.15, -0.1) is 0 Å². The molecule has 1 aromatic heterocycles. The summed E-state index contributed by atoms with van der Waals surface area (Å²) in [6, 6.07) is 17.1. The molecule has 4 aromatic rings. The molecular weight excluding hydrogens is 448 g/mol. The first-order chi connectivity index (χ1) is 14.6. The molecule has 0 saturated carbocycles. The van der Waals surface area contributed by atoms with Gasteiger partial charge in [-0.1, -0.05) is 30.3 Å². The SMILES string of the molecule is CCOc1cc(Br)c(C=NNC(=O)c2cc3c(ccc4ccccc43)o2)cc1OC.